The maximum atomic E-state index is 13.4. The molecule has 0 saturated carbocycles. The van der Waals surface area contributed by atoms with Crippen molar-refractivity contribution >= 4 is 10.0 Å². The standard InChI is InChI=1S/C20H24N2O4S/c1-16(17-9-5-4-6-10-17)22(14-8-7-13-21)27(23,24)18-11-12-19(25-2)20(15-18)26-3/h4-6,9-12,15-16H,7-8,14H2,1-3H3. The second-order valence-electron chi connectivity index (χ2n) is 5.98. The average molecular weight is 388 g/mol. The Kier molecular flexibility index (Phi) is 7.22. The van der Waals surface area contributed by atoms with Crippen LogP contribution in [0.25, 0.3) is 0 Å². The van der Waals surface area contributed by atoms with Crippen molar-refractivity contribution in [3.05, 3.63) is 54.1 Å². The van der Waals surface area contributed by atoms with Crippen molar-refractivity contribution in [3.63, 3.8) is 0 Å². The van der Waals surface area contributed by atoms with Crippen LogP contribution in [0.3, 0.4) is 0 Å². The average Bonchev–Trinajstić information content (AvgIpc) is 2.70. The molecule has 1 unspecified atom stereocenters. The van der Waals surface area contributed by atoms with Gasteiger partial charge in [0, 0.05) is 25.1 Å². The van der Waals surface area contributed by atoms with E-state index < -0.39 is 10.0 Å². The number of unbranched alkanes of at least 4 members (excludes halogenated alkanes) is 1. The SMILES string of the molecule is COc1ccc(S(=O)(=O)N(CCCC#N)C(C)c2ccccc2)cc1OC. The molecule has 0 heterocycles. The molecule has 27 heavy (non-hydrogen) atoms. The van der Waals surface area contributed by atoms with Gasteiger partial charge in [-0.3, -0.25) is 0 Å². The number of ether oxygens (including phenoxy) is 2. The minimum atomic E-state index is -3.80. The lowest BCUT2D eigenvalue weighted by molar-refractivity contribution is 0.337. The first-order valence-corrected chi connectivity index (χ1v) is 10.1. The fourth-order valence-electron chi connectivity index (χ4n) is 2.85. The van der Waals surface area contributed by atoms with Gasteiger partial charge in [-0.05, 0) is 31.0 Å². The fraction of sp³-hybridized carbons (Fsp3) is 0.350. The molecule has 0 spiro atoms. The Morgan fingerprint density at radius 1 is 1.07 bits per heavy atom. The first-order chi connectivity index (χ1) is 13.0. The molecule has 0 saturated heterocycles. The normalized spacial score (nSPS) is 12.4. The van der Waals surface area contributed by atoms with E-state index in [1.807, 2.05) is 37.3 Å². The third kappa shape index (κ3) is 4.79. The molecule has 0 radical (unpaired) electrons. The van der Waals surface area contributed by atoms with Crippen molar-refractivity contribution in [2.24, 2.45) is 0 Å². The van der Waals surface area contributed by atoms with E-state index in [2.05, 4.69) is 6.07 Å². The third-order valence-electron chi connectivity index (χ3n) is 4.34. The summed E-state index contributed by atoms with van der Waals surface area (Å²) in [6, 6.07) is 15.7. The minimum Gasteiger partial charge on any atom is -0.493 e. The highest BCUT2D eigenvalue weighted by Gasteiger charge is 2.30. The van der Waals surface area contributed by atoms with Crippen LogP contribution in [0.1, 0.15) is 31.4 Å². The molecule has 7 heteroatoms. The molecule has 0 aliphatic heterocycles. The van der Waals surface area contributed by atoms with Gasteiger partial charge >= 0.3 is 0 Å². The van der Waals surface area contributed by atoms with Crippen molar-refractivity contribution < 1.29 is 17.9 Å². The summed E-state index contributed by atoms with van der Waals surface area (Å²) in [6.07, 6.45) is 0.750. The van der Waals surface area contributed by atoms with E-state index in [1.54, 1.807) is 6.07 Å². The molecule has 0 fully saturated rings. The quantitative estimate of drug-likeness (QED) is 0.611. The summed E-state index contributed by atoms with van der Waals surface area (Å²) in [6.45, 7) is 2.10. The van der Waals surface area contributed by atoms with Crippen LogP contribution in [-0.4, -0.2) is 33.5 Å². The topological polar surface area (TPSA) is 79.6 Å². The first-order valence-electron chi connectivity index (χ1n) is 8.61. The van der Waals surface area contributed by atoms with Gasteiger partial charge in [-0.25, -0.2) is 8.42 Å². The van der Waals surface area contributed by atoms with Gasteiger partial charge in [0.2, 0.25) is 10.0 Å². The van der Waals surface area contributed by atoms with Crippen molar-refractivity contribution in [3.8, 4) is 17.6 Å². The van der Waals surface area contributed by atoms with E-state index in [9.17, 15) is 8.42 Å². The van der Waals surface area contributed by atoms with Crippen molar-refractivity contribution in [1.82, 2.24) is 4.31 Å². The van der Waals surface area contributed by atoms with Gasteiger partial charge in [0.05, 0.1) is 25.2 Å². The molecule has 0 amide bonds. The first kappa shape index (κ1) is 20.7. The van der Waals surface area contributed by atoms with E-state index >= 15 is 0 Å². The molecule has 2 aromatic carbocycles. The van der Waals surface area contributed by atoms with Gasteiger partial charge < -0.3 is 9.47 Å². The predicted molar refractivity (Wildman–Crippen MR) is 103 cm³/mol. The van der Waals surface area contributed by atoms with Crippen LogP contribution in [0.5, 0.6) is 11.5 Å². The Labute approximate surface area is 161 Å². The van der Waals surface area contributed by atoms with Crippen molar-refractivity contribution in [2.45, 2.75) is 30.7 Å². The number of hydrogen-bond acceptors (Lipinski definition) is 5. The third-order valence-corrected chi connectivity index (χ3v) is 6.31. The maximum Gasteiger partial charge on any atom is 0.243 e. The van der Waals surface area contributed by atoms with E-state index in [0.717, 1.165) is 5.56 Å². The largest absolute Gasteiger partial charge is 0.493 e. The summed E-state index contributed by atoms with van der Waals surface area (Å²) in [5.41, 5.74) is 0.888. The zero-order valence-corrected chi connectivity index (χ0v) is 16.6. The van der Waals surface area contributed by atoms with Gasteiger partial charge in [0.25, 0.3) is 0 Å². The zero-order valence-electron chi connectivity index (χ0n) is 15.8. The highest BCUT2D eigenvalue weighted by atomic mass is 32.2. The van der Waals surface area contributed by atoms with Crippen LogP contribution < -0.4 is 9.47 Å². The van der Waals surface area contributed by atoms with Crippen LogP contribution in [-0.2, 0) is 10.0 Å². The van der Waals surface area contributed by atoms with Crippen LogP contribution in [0, 0.1) is 11.3 Å². The van der Waals surface area contributed by atoms with Crippen LogP contribution >= 0.6 is 0 Å². The number of benzene rings is 2. The Morgan fingerprint density at radius 2 is 1.74 bits per heavy atom. The zero-order chi connectivity index (χ0) is 19.9. The molecule has 1 atom stereocenters. The number of nitriles is 1. The lowest BCUT2D eigenvalue weighted by Crippen LogP contribution is -2.34. The Morgan fingerprint density at radius 3 is 2.33 bits per heavy atom. The summed E-state index contributed by atoms with van der Waals surface area (Å²) in [7, 11) is -0.837. The molecule has 2 aromatic rings. The second kappa shape index (κ2) is 9.40. The van der Waals surface area contributed by atoms with Gasteiger partial charge in [0.15, 0.2) is 11.5 Å². The number of hydrogen-bond donors (Lipinski definition) is 0. The minimum absolute atomic E-state index is 0.125. The Balaban J connectivity index is 2.45. The van der Waals surface area contributed by atoms with Crippen LogP contribution in [0.2, 0.25) is 0 Å². The van der Waals surface area contributed by atoms with Crippen molar-refractivity contribution in [2.75, 3.05) is 20.8 Å². The number of nitrogens with zero attached hydrogens (tertiary/aromatic N) is 2. The van der Waals surface area contributed by atoms with Crippen LogP contribution in [0.15, 0.2) is 53.4 Å². The van der Waals surface area contributed by atoms with E-state index in [1.165, 1.54) is 30.7 Å². The lowest BCUT2D eigenvalue weighted by Gasteiger charge is -2.29. The fourth-order valence-corrected chi connectivity index (χ4v) is 4.52. The summed E-state index contributed by atoms with van der Waals surface area (Å²) >= 11 is 0. The van der Waals surface area contributed by atoms with E-state index in [4.69, 9.17) is 14.7 Å². The summed E-state index contributed by atoms with van der Waals surface area (Å²) in [4.78, 5) is 0.125. The smallest absolute Gasteiger partial charge is 0.243 e. The molecule has 0 bridgehead atoms. The number of sulfonamides is 1. The van der Waals surface area contributed by atoms with E-state index in [0.29, 0.717) is 24.3 Å². The molecule has 0 aliphatic rings. The lowest BCUT2D eigenvalue weighted by atomic mass is 10.1. The Bertz CT molecular complexity index is 892. The number of methoxy groups -OCH3 is 2. The maximum absolute atomic E-state index is 13.4. The summed E-state index contributed by atoms with van der Waals surface area (Å²) < 4.78 is 38.6. The molecule has 144 valence electrons. The summed E-state index contributed by atoms with van der Waals surface area (Å²) in [5.74, 6) is 0.812. The highest BCUT2D eigenvalue weighted by molar-refractivity contribution is 7.89. The highest BCUT2D eigenvalue weighted by Crippen LogP contribution is 2.33. The molecular weight excluding hydrogens is 364 g/mol. The summed E-state index contributed by atoms with van der Waals surface area (Å²) in [5, 5.41) is 8.83. The second-order valence-corrected chi connectivity index (χ2v) is 7.87. The van der Waals surface area contributed by atoms with Crippen LogP contribution in [0.4, 0.5) is 0 Å². The molecular formula is C20H24N2O4S. The monoisotopic (exact) mass is 388 g/mol. The van der Waals surface area contributed by atoms with Gasteiger partial charge in [-0.2, -0.15) is 9.57 Å². The van der Waals surface area contributed by atoms with Gasteiger partial charge in [-0.1, -0.05) is 30.3 Å². The molecule has 6 nitrogen and oxygen atoms in total. The molecule has 0 aromatic heterocycles. The Hall–Kier alpha value is -2.56. The van der Waals surface area contributed by atoms with Gasteiger partial charge in [-0.15, -0.1) is 0 Å². The molecule has 0 N–H and O–H groups in total. The molecule has 0 aliphatic carbocycles. The predicted octanol–water partition coefficient (Wildman–Crippen LogP) is 3.76. The van der Waals surface area contributed by atoms with Crippen molar-refractivity contribution in [1.29, 1.82) is 5.26 Å². The van der Waals surface area contributed by atoms with E-state index in [-0.39, 0.29) is 17.5 Å². The number of rotatable bonds is 9. The molecule has 2 rings (SSSR count). The van der Waals surface area contributed by atoms with Gasteiger partial charge in [0.1, 0.15) is 0 Å².